The van der Waals surface area contributed by atoms with Crippen LogP contribution in [0.1, 0.15) is 12.5 Å². The van der Waals surface area contributed by atoms with Crippen molar-refractivity contribution in [3.8, 4) is 28.6 Å². The van der Waals surface area contributed by atoms with Crippen LogP contribution < -0.4 is 14.9 Å². The molecule has 4 aromatic rings. The van der Waals surface area contributed by atoms with Gasteiger partial charge in [0, 0.05) is 33.7 Å². The van der Waals surface area contributed by atoms with Gasteiger partial charge >= 0.3 is 0 Å². The maximum Gasteiger partial charge on any atom is 0.250 e. The average molecular weight is 567 g/mol. The number of aromatic nitrogens is 4. The third-order valence-corrected chi connectivity index (χ3v) is 6.60. The van der Waals surface area contributed by atoms with Gasteiger partial charge in [0.1, 0.15) is 0 Å². The van der Waals surface area contributed by atoms with Gasteiger partial charge in [-0.1, -0.05) is 27.7 Å². The van der Waals surface area contributed by atoms with Gasteiger partial charge in [0.2, 0.25) is 0 Å². The van der Waals surface area contributed by atoms with E-state index in [9.17, 15) is 4.79 Å². The number of hydrazone groups is 1. The Kier molecular flexibility index (Phi) is 8.34. The topological polar surface area (TPSA) is 104 Å². The molecule has 1 N–H and O–H groups in total. The fourth-order valence-electron chi connectivity index (χ4n) is 3.31. The summed E-state index contributed by atoms with van der Waals surface area (Å²) in [5, 5.41) is 13.5. The van der Waals surface area contributed by atoms with Gasteiger partial charge in [-0.3, -0.25) is 14.3 Å². The Morgan fingerprint density at radius 1 is 1.03 bits per heavy atom. The number of methoxy groups -OCH3 is 2. The highest BCUT2D eigenvalue weighted by atomic mass is 79.9. The molecule has 0 atom stereocenters. The van der Waals surface area contributed by atoms with Crippen molar-refractivity contribution in [3.05, 3.63) is 77.0 Å². The van der Waals surface area contributed by atoms with Gasteiger partial charge < -0.3 is 9.47 Å². The molecular weight excluding hydrogens is 544 g/mol. The van der Waals surface area contributed by atoms with Crippen molar-refractivity contribution >= 4 is 39.3 Å². The number of pyridine rings is 1. The molecule has 11 heteroatoms. The molecule has 2 aromatic heterocycles. The molecule has 0 aliphatic carbocycles. The van der Waals surface area contributed by atoms with Crippen LogP contribution in [0.2, 0.25) is 0 Å². The maximum atomic E-state index is 12.6. The standard InChI is InChI=1S/C25H23BrN6O3S/c1-16(18-4-9-21(34-2)22(14-18)35-3)28-29-23(33)15-36-25-31-30-24(17-10-12-27-13-11-17)32(25)20-7-5-19(26)6-8-20/h4-14H,15H2,1-3H3,(H,29,33)/b28-16+. The minimum Gasteiger partial charge on any atom is -0.493 e. The number of benzene rings is 2. The molecule has 2 aromatic carbocycles. The van der Waals surface area contributed by atoms with Crippen molar-refractivity contribution < 1.29 is 14.3 Å². The molecule has 0 aliphatic heterocycles. The monoisotopic (exact) mass is 566 g/mol. The van der Waals surface area contributed by atoms with E-state index >= 15 is 0 Å². The number of ether oxygens (including phenoxy) is 2. The first-order chi connectivity index (χ1) is 17.5. The van der Waals surface area contributed by atoms with E-state index < -0.39 is 0 Å². The minimum absolute atomic E-state index is 0.105. The van der Waals surface area contributed by atoms with Crippen LogP contribution in [0.25, 0.3) is 17.1 Å². The minimum atomic E-state index is -0.268. The SMILES string of the molecule is COc1ccc(/C(C)=N/NC(=O)CSc2nnc(-c3ccncc3)n2-c2ccc(Br)cc2)cc1OC. The van der Waals surface area contributed by atoms with Crippen LogP contribution >= 0.6 is 27.7 Å². The zero-order valence-corrected chi connectivity index (χ0v) is 22.2. The van der Waals surface area contributed by atoms with Gasteiger partial charge in [0.15, 0.2) is 22.5 Å². The van der Waals surface area contributed by atoms with Gasteiger partial charge in [-0.15, -0.1) is 10.2 Å². The average Bonchev–Trinajstić information content (AvgIpc) is 3.35. The van der Waals surface area contributed by atoms with E-state index in [1.807, 2.05) is 47.0 Å². The number of thioether (sulfide) groups is 1. The Bertz CT molecular complexity index is 1380. The van der Waals surface area contributed by atoms with E-state index in [0.717, 1.165) is 21.3 Å². The van der Waals surface area contributed by atoms with Crippen LogP contribution in [0.3, 0.4) is 0 Å². The Balaban J connectivity index is 1.49. The van der Waals surface area contributed by atoms with Crippen molar-refractivity contribution in [2.45, 2.75) is 12.1 Å². The zero-order valence-electron chi connectivity index (χ0n) is 19.8. The lowest BCUT2D eigenvalue weighted by molar-refractivity contribution is -0.118. The second-order valence-corrected chi connectivity index (χ2v) is 9.30. The Morgan fingerprint density at radius 2 is 1.75 bits per heavy atom. The van der Waals surface area contributed by atoms with Crippen molar-refractivity contribution in [1.29, 1.82) is 0 Å². The highest BCUT2D eigenvalue weighted by molar-refractivity contribution is 9.10. The van der Waals surface area contributed by atoms with Crippen LogP contribution in [0.15, 0.2) is 81.7 Å². The number of amides is 1. The number of halogens is 1. The maximum absolute atomic E-state index is 12.6. The van der Waals surface area contributed by atoms with E-state index in [0.29, 0.717) is 28.2 Å². The predicted octanol–water partition coefficient (Wildman–Crippen LogP) is 4.74. The molecule has 0 unspecified atom stereocenters. The van der Waals surface area contributed by atoms with Crippen LogP contribution in [-0.2, 0) is 4.79 Å². The molecule has 0 saturated carbocycles. The normalized spacial score (nSPS) is 11.3. The predicted molar refractivity (Wildman–Crippen MR) is 143 cm³/mol. The fraction of sp³-hybridized carbons (Fsp3) is 0.160. The third kappa shape index (κ3) is 5.92. The third-order valence-electron chi connectivity index (χ3n) is 5.14. The molecule has 1 amide bonds. The number of nitrogens with one attached hydrogen (secondary N) is 1. The van der Waals surface area contributed by atoms with E-state index in [1.165, 1.54) is 11.8 Å². The summed E-state index contributed by atoms with van der Waals surface area (Å²) >= 11 is 4.74. The molecule has 0 saturated heterocycles. The van der Waals surface area contributed by atoms with E-state index in [-0.39, 0.29) is 11.7 Å². The van der Waals surface area contributed by atoms with Crippen LogP contribution in [0, 0.1) is 0 Å². The first kappa shape index (κ1) is 25.4. The summed E-state index contributed by atoms with van der Waals surface area (Å²) in [5.74, 6) is 1.70. The van der Waals surface area contributed by atoms with E-state index in [1.54, 1.807) is 45.7 Å². The summed E-state index contributed by atoms with van der Waals surface area (Å²) in [6.07, 6.45) is 3.41. The first-order valence-electron chi connectivity index (χ1n) is 10.8. The number of nitrogens with zero attached hydrogens (tertiary/aromatic N) is 5. The van der Waals surface area contributed by atoms with Crippen molar-refractivity contribution in [1.82, 2.24) is 25.2 Å². The highest BCUT2D eigenvalue weighted by Gasteiger charge is 2.17. The molecule has 184 valence electrons. The second kappa shape index (κ2) is 11.8. The second-order valence-electron chi connectivity index (χ2n) is 7.44. The molecule has 0 spiro atoms. The molecule has 0 fully saturated rings. The van der Waals surface area contributed by atoms with Gasteiger partial charge in [0.05, 0.1) is 25.7 Å². The van der Waals surface area contributed by atoms with E-state index in [2.05, 4.69) is 41.6 Å². The number of carbonyl (C=O) groups excluding carboxylic acids is 1. The van der Waals surface area contributed by atoms with Crippen LogP contribution in [0.4, 0.5) is 0 Å². The smallest absolute Gasteiger partial charge is 0.250 e. The summed E-state index contributed by atoms with van der Waals surface area (Å²) in [4.78, 5) is 16.7. The van der Waals surface area contributed by atoms with Gasteiger partial charge in [-0.05, 0) is 61.5 Å². The van der Waals surface area contributed by atoms with Gasteiger partial charge in [-0.2, -0.15) is 5.10 Å². The lowest BCUT2D eigenvalue weighted by Gasteiger charge is -2.11. The van der Waals surface area contributed by atoms with Gasteiger partial charge in [0.25, 0.3) is 5.91 Å². The number of hydrogen-bond acceptors (Lipinski definition) is 8. The van der Waals surface area contributed by atoms with Crippen molar-refractivity contribution in [2.75, 3.05) is 20.0 Å². The Labute approximate surface area is 221 Å². The van der Waals surface area contributed by atoms with E-state index in [4.69, 9.17) is 9.47 Å². The molecule has 2 heterocycles. The Morgan fingerprint density at radius 3 is 2.44 bits per heavy atom. The fourth-order valence-corrected chi connectivity index (χ4v) is 4.32. The molecule has 36 heavy (non-hydrogen) atoms. The summed E-state index contributed by atoms with van der Waals surface area (Å²) in [6.45, 7) is 1.81. The van der Waals surface area contributed by atoms with Crippen LogP contribution in [0.5, 0.6) is 11.5 Å². The molecular formula is C25H23BrN6O3S. The molecule has 9 nitrogen and oxygen atoms in total. The van der Waals surface area contributed by atoms with Crippen molar-refractivity contribution in [3.63, 3.8) is 0 Å². The molecule has 4 rings (SSSR count). The van der Waals surface area contributed by atoms with Crippen molar-refractivity contribution in [2.24, 2.45) is 5.10 Å². The summed E-state index contributed by atoms with van der Waals surface area (Å²) in [7, 11) is 3.15. The Hall–Kier alpha value is -3.70. The largest absolute Gasteiger partial charge is 0.493 e. The lowest BCUT2D eigenvalue weighted by Crippen LogP contribution is -2.21. The number of carbonyl (C=O) groups is 1. The quantitative estimate of drug-likeness (QED) is 0.177. The summed E-state index contributed by atoms with van der Waals surface area (Å²) < 4.78 is 13.5. The van der Waals surface area contributed by atoms with Gasteiger partial charge in [-0.25, -0.2) is 5.43 Å². The lowest BCUT2D eigenvalue weighted by atomic mass is 10.1. The highest BCUT2D eigenvalue weighted by Crippen LogP contribution is 2.29. The number of hydrogen-bond donors (Lipinski definition) is 1. The molecule has 0 radical (unpaired) electrons. The number of rotatable bonds is 9. The summed E-state index contributed by atoms with van der Waals surface area (Å²) in [6, 6.07) is 17.0. The molecule has 0 aliphatic rings. The first-order valence-corrected chi connectivity index (χ1v) is 12.6. The summed E-state index contributed by atoms with van der Waals surface area (Å²) in [5.41, 5.74) is 5.78. The zero-order chi connectivity index (χ0) is 25.5. The van der Waals surface area contributed by atoms with Crippen LogP contribution in [-0.4, -0.2) is 51.3 Å². The molecule has 0 bridgehead atoms.